The molecule has 0 saturated carbocycles. The minimum Gasteiger partial charge on any atom is -0.207 e. The van der Waals surface area contributed by atoms with E-state index in [0.717, 1.165) is 21.5 Å². The van der Waals surface area contributed by atoms with Crippen LogP contribution in [0.25, 0.3) is 0 Å². The normalized spacial score (nSPS) is 11.7. The minimum atomic E-state index is -3.83. The number of benzene rings is 1. The van der Waals surface area contributed by atoms with Crippen LogP contribution < -0.4 is 4.72 Å². The lowest BCUT2D eigenvalue weighted by Gasteiger charge is -2.07. The number of rotatable bonds is 4. The van der Waals surface area contributed by atoms with E-state index in [4.69, 9.17) is 11.6 Å². The van der Waals surface area contributed by atoms with Crippen molar-refractivity contribution in [1.82, 2.24) is 4.72 Å². The van der Waals surface area contributed by atoms with Crippen molar-refractivity contribution in [3.63, 3.8) is 0 Å². The van der Waals surface area contributed by atoms with Gasteiger partial charge in [-0.1, -0.05) is 11.6 Å². The number of hydrogen-bond acceptors (Lipinski definition) is 3. The molecule has 0 aliphatic heterocycles. The molecule has 2 aromatic rings. The predicted octanol–water partition coefficient (Wildman–Crippen LogP) is 3.78. The summed E-state index contributed by atoms with van der Waals surface area (Å²) in [6.07, 6.45) is 0. The molecule has 0 bridgehead atoms. The highest BCUT2D eigenvalue weighted by Gasteiger charge is 2.18. The van der Waals surface area contributed by atoms with E-state index in [9.17, 15) is 12.8 Å². The van der Waals surface area contributed by atoms with Crippen molar-refractivity contribution in [2.24, 2.45) is 0 Å². The Kier molecular flexibility index (Phi) is 4.62. The van der Waals surface area contributed by atoms with E-state index in [1.165, 1.54) is 17.4 Å². The summed E-state index contributed by atoms with van der Waals surface area (Å²) >= 11 is 10.5. The van der Waals surface area contributed by atoms with Gasteiger partial charge in [-0.15, -0.1) is 11.3 Å². The number of halogens is 3. The predicted molar refractivity (Wildman–Crippen MR) is 77.5 cm³/mol. The van der Waals surface area contributed by atoms with Crippen molar-refractivity contribution in [2.45, 2.75) is 11.4 Å². The fourth-order valence-electron chi connectivity index (χ4n) is 1.37. The molecule has 0 amide bonds. The van der Waals surface area contributed by atoms with Crippen molar-refractivity contribution in [3.8, 4) is 0 Å². The molecule has 1 aromatic heterocycles. The molecule has 2 rings (SSSR count). The van der Waals surface area contributed by atoms with Crippen LogP contribution in [0.3, 0.4) is 0 Å². The van der Waals surface area contributed by atoms with Crippen molar-refractivity contribution in [3.05, 3.63) is 49.8 Å². The molecule has 3 nitrogen and oxygen atoms in total. The molecule has 0 atom stereocenters. The molecule has 0 unspecified atom stereocenters. The van der Waals surface area contributed by atoms with E-state index in [2.05, 4.69) is 20.7 Å². The third-order valence-corrected chi connectivity index (χ3v) is 5.82. The van der Waals surface area contributed by atoms with Gasteiger partial charge in [0.05, 0.1) is 5.02 Å². The summed E-state index contributed by atoms with van der Waals surface area (Å²) in [7, 11) is -3.83. The molecular weight excluding hydrogens is 377 g/mol. The Balaban J connectivity index is 2.20. The van der Waals surface area contributed by atoms with Gasteiger partial charge in [0.15, 0.2) is 0 Å². The number of hydrogen-bond donors (Lipinski definition) is 1. The van der Waals surface area contributed by atoms with Gasteiger partial charge in [0.2, 0.25) is 10.0 Å². The lowest BCUT2D eigenvalue weighted by Crippen LogP contribution is -2.23. The average Bonchev–Trinajstić information content (AvgIpc) is 2.76. The molecule has 0 aliphatic carbocycles. The molecule has 102 valence electrons. The quantitative estimate of drug-likeness (QED) is 0.872. The first-order valence-electron chi connectivity index (χ1n) is 5.06. The lowest BCUT2D eigenvalue weighted by molar-refractivity contribution is 0.578. The second-order valence-corrected chi connectivity index (χ2v) is 7.68. The van der Waals surface area contributed by atoms with Crippen LogP contribution in [-0.2, 0) is 16.6 Å². The zero-order valence-corrected chi connectivity index (χ0v) is 13.3. The van der Waals surface area contributed by atoms with E-state index in [1.54, 1.807) is 6.07 Å². The topological polar surface area (TPSA) is 46.2 Å². The maximum absolute atomic E-state index is 13.1. The van der Waals surface area contributed by atoms with Crippen LogP contribution in [0, 0.1) is 5.82 Å². The molecule has 0 aliphatic rings. The zero-order chi connectivity index (χ0) is 14.0. The van der Waals surface area contributed by atoms with E-state index in [0.29, 0.717) is 0 Å². The second kappa shape index (κ2) is 5.88. The lowest BCUT2D eigenvalue weighted by atomic mass is 10.3. The Morgan fingerprint density at radius 1 is 1.37 bits per heavy atom. The maximum Gasteiger partial charge on any atom is 0.242 e. The molecular formula is C11H8BrClFNO2S2. The van der Waals surface area contributed by atoms with Gasteiger partial charge >= 0.3 is 0 Å². The van der Waals surface area contributed by atoms with Gasteiger partial charge in [-0.2, -0.15) is 0 Å². The fourth-order valence-corrected chi connectivity index (χ4v) is 4.37. The van der Waals surface area contributed by atoms with E-state index < -0.39 is 15.8 Å². The highest BCUT2D eigenvalue weighted by Crippen LogP contribution is 2.23. The third kappa shape index (κ3) is 3.76. The number of sulfonamides is 1. The van der Waals surface area contributed by atoms with Crippen LogP contribution in [0.15, 0.2) is 39.0 Å². The highest BCUT2D eigenvalue weighted by molar-refractivity contribution is 9.10. The Morgan fingerprint density at radius 3 is 2.74 bits per heavy atom. The minimum absolute atomic E-state index is 0.0127. The van der Waals surface area contributed by atoms with Crippen molar-refractivity contribution < 1.29 is 12.8 Å². The van der Waals surface area contributed by atoms with E-state index in [-0.39, 0.29) is 16.5 Å². The Morgan fingerprint density at radius 2 is 2.11 bits per heavy atom. The third-order valence-electron chi connectivity index (χ3n) is 2.24. The highest BCUT2D eigenvalue weighted by atomic mass is 79.9. The largest absolute Gasteiger partial charge is 0.242 e. The van der Waals surface area contributed by atoms with Gasteiger partial charge in [-0.05, 0) is 40.2 Å². The number of thiophene rings is 1. The van der Waals surface area contributed by atoms with E-state index in [1.807, 2.05) is 5.38 Å². The van der Waals surface area contributed by atoms with Crippen LogP contribution in [0.4, 0.5) is 4.39 Å². The van der Waals surface area contributed by atoms with Crippen LogP contribution in [-0.4, -0.2) is 8.42 Å². The molecule has 8 heteroatoms. The van der Waals surface area contributed by atoms with Crippen molar-refractivity contribution in [2.75, 3.05) is 0 Å². The average molecular weight is 385 g/mol. The first kappa shape index (κ1) is 14.9. The Hall–Kier alpha value is -0.470. The summed E-state index contributed by atoms with van der Waals surface area (Å²) < 4.78 is 40.4. The van der Waals surface area contributed by atoms with Crippen molar-refractivity contribution in [1.29, 1.82) is 0 Å². The Labute approximate surface area is 127 Å². The summed E-state index contributed by atoms with van der Waals surface area (Å²) in [6, 6.07) is 5.03. The van der Waals surface area contributed by atoms with E-state index >= 15 is 0 Å². The summed E-state index contributed by atoms with van der Waals surface area (Å²) in [5.41, 5.74) is 0. The summed E-state index contributed by atoms with van der Waals surface area (Å²) in [6.45, 7) is 0.130. The smallest absolute Gasteiger partial charge is 0.207 e. The molecule has 1 heterocycles. The van der Waals surface area contributed by atoms with Crippen LogP contribution in [0.5, 0.6) is 0 Å². The monoisotopic (exact) mass is 383 g/mol. The van der Waals surface area contributed by atoms with Crippen LogP contribution in [0.2, 0.25) is 5.02 Å². The van der Waals surface area contributed by atoms with Gasteiger partial charge < -0.3 is 0 Å². The zero-order valence-electron chi connectivity index (χ0n) is 9.36. The fraction of sp³-hybridized carbons (Fsp3) is 0.0909. The Bertz CT molecular complexity index is 702. The molecule has 0 saturated heterocycles. The second-order valence-electron chi connectivity index (χ2n) is 3.63. The number of nitrogens with one attached hydrogen (secondary N) is 1. The summed E-state index contributed by atoms with van der Waals surface area (Å²) in [5, 5.41) is 1.83. The molecule has 0 radical (unpaired) electrons. The summed E-state index contributed by atoms with van der Waals surface area (Å²) in [5.74, 6) is -0.649. The van der Waals surface area contributed by atoms with Gasteiger partial charge in [-0.3, -0.25) is 0 Å². The van der Waals surface area contributed by atoms with Crippen molar-refractivity contribution >= 4 is 48.9 Å². The molecule has 1 aromatic carbocycles. The van der Waals surface area contributed by atoms with Gasteiger partial charge in [0, 0.05) is 21.3 Å². The molecule has 19 heavy (non-hydrogen) atoms. The first-order valence-corrected chi connectivity index (χ1v) is 8.59. The van der Waals surface area contributed by atoms with Crippen LogP contribution in [0.1, 0.15) is 4.88 Å². The SMILES string of the molecule is O=S(=O)(NCc1cc(Br)cs1)c1cc(F)ccc1Cl. The molecule has 0 fully saturated rings. The standard InChI is InChI=1S/C11H8BrClFNO2S2/c12-7-3-9(18-6-7)5-15-19(16,17)11-4-8(14)1-2-10(11)13/h1-4,6,15H,5H2. The van der Waals surface area contributed by atoms with Gasteiger partial charge in [0.25, 0.3) is 0 Å². The molecule has 1 N–H and O–H groups in total. The summed E-state index contributed by atoms with van der Waals surface area (Å²) in [4.78, 5) is 0.577. The van der Waals surface area contributed by atoms with Gasteiger partial charge in [0.1, 0.15) is 10.7 Å². The van der Waals surface area contributed by atoms with Crippen LogP contribution >= 0.6 is 38.9 Å². The first-order chi connectivity index (χ1) is 8.88. The van der Waals surface area contributed by atoms with Gasteiger partial charge in [-0.25, -0.2) is 17.5 Å². The maximum atomic E-state index is 13.1. The molecule has 0 spiro atoms.